The van der Waals surface area contributed by atoms with E-state index in [0.29, 0.717) is 12.1 Å². The summed E-state index contributed by atoms with van der Waals surface area (Å²) in [7, 11) is 0. The Labute approximate surface area is 165 Å². The first-order valence-electron chi connectivity index (χ1n) is 8.11. The predicted octanol–water partition coefficient (Wildman–Crippen LogP) is 6.47. The number of rotatable bonds is 4. The smallest absolute Gasteiger partial charge is 0.321 e. The van der Waals surface area contributed by atoms with E-state index in [2.05, 4.69) is 10.3 Å². The van der Waals surface area contributed by atoms with Crippen molar-refractivity contribution in [2.24, 2.45) is 0 Å². The minimum Gasteiger partial charge on any atom is -0.321 e. The fourth-order valence-corrected chi connectivity index (χ4v) is 3.51. The molecule has 3 nitrogen and oxygen atoms in total. The fourth-order valence-electron chi connectivity index (χ4n) is 2.69. The Morgan fingerprint density at radius 3 is 2.45 bits per heavy atom. The normalized spacial score (nSPS) is 11.7. The summed E-state index contributed by atoms with van der Waals surface area (Å²) in [6, 6.07) is 8.34. The Morgan fingerprint density at radius 2 is 1.83 bits per heavy atom. The Morgan fingerprint density at radius 1 is 1.14 bits per heavy atom. The fraction of sp³-hybridized carbons (Fsp3) is 0.158. The van der Waals surface area contributed by atoms with Crippen LogP contribution in [0, 0.1) is 12.7 Å². The number of nitrogens with zero attached hydrogens (tertiary/aromatic N) is 1. The Bertz CT molecular complexity index is 1060. The van der Waals surface area contributed by atoms with Crippen LogP contribution in [0.15, 0.2) is 42.5 Å². The van der Waals surface area contributed by atoms with Crippen LogP contribution in [0.4, 0.5) is 32.0 Å². The number of aromatic nitrogens is 1. The topological polar surface area (TPSA) is 42.0 Å². The molecular formula is C19H12F6N2OS. The number of thiazole rings is 1. The first kappa shape index (κ1) is 20.8. The third-order valence-corrected chi connectivity index (χ3v) is 4.92. The molecule has 0 aliphatic carbocycles. The van der Waals surface area contributed by atoms with E-state index >= 15 is 0 Å². The van der Waals surface area contributed by atoms with Crippen molar-refractivity contribution in [2.75, 3.05) is 5.32 Å². The lowest BCUT2D eigenvalue weighted by atomic mass is 10.0. The lowest BCUT2D eigenvalue weighted by Crippen LogP contribution is -2.13. The number of carbonyl (C=O) groups excluding carboxylic acids is 1. The molecule has 10 heteroatoms. The Balaban J connectivity index is 1.97. The molecule has 0 aliphatic heterocycles. The monoisotopic (exact) mass is 430 g/mol. The van der Waals surface area contributed by atoms with Gasteiger partial charge in [-0.15, -0.1) is 11.3 Å². The molecule has 0 unspecified atom stereocenters. The quantitative estimate of drug-likeness (QED) is 0.482. The minimum atomic E-state index is -4.84. The number of benzene rings is 2. The van der Waals surface area contributed by atoms with Crippen LogP contribution in [0.1, 0.15) is 32.4 Å². The van der Waals surface area contributed by atoms with Gasteiger partial charge >= 0.3 is 6.18 Å². The molecule has 0 saturated carbocycles. The van der Waals surface area contributed by atoms with Crippen molar-refractivity contribution in [1.82, 2.24) is 4.98 Å². The van der Waals surface area contributed by atoms with Crippen molar-refractivity contribution >= 4 is 22.9 Å². The molecule has 0 atom stereocenters. The number of anilines is 1. The Hall–Kier alpha value is -2.88. The number of nitrogens with one attached hydrogen (secondary N) is 1. The summed E-state index contributed by atoms with van der Waals surface area (Å²) in [6.07, 6.45) is -7.79. The van der Waals surface area contributed by atoms with Gasteiger partial charge in [-0.05, 0) is 30.7 Å². The SMILES string of the molecule is Cc1nc(C(F)F)c(C(=O)Nc2ccccc2-c2ccc(C(F)(F)F)c(F)c2)s1. The van der Waals surface area contributed by atoms with E-state index in [1.165, 1.54) is 25.1 Å². The highest BCUT2D eigenvalue weighted by molar-refractivity contribution is 7.13. The molecule has 3 aromatic rings. The molecule has 1 N–H and O–H groups in total. The molecular weight excluding hydrogens is 418 g/mol. The summed E-state index contributed by atoms with van der Waals surface area (Å²) in [5, 5.41) is 2.73. The second-order valence-electron chi connectivity index (χ2n) is 5.94. The molecule has 0 spiro atoms. The average Bonchev–Trinajstić information content (AvgIpc) is 3.03. The van der Waals surface area contributed by atoms with E-state index in [-0.39, 0.29) is 26.7 Å². The maximum Gasteiger partial charge on any atom is 0.419 e. The predicted molar refractivity (Wildman–Crippen MR) is 96.6 cm³/mol. The van der Waals surface area contributed by atoms with E-state index in [1.807, 2.05) is 0 Å². The van der Waals surface area contributed by atoms with Gasteiger partial charge in [0.05, 0.1) is 10.6 Å². The van der Waals surface area contributed by atoms with Crippen molar-refractivity contribution in [3.8, 4) is 11.1 Å². The van der Waals surface area contributed by atoms with Gasteiger partial charge in [-0.2, -0.15) is 13.2 Å². The number of hydrogen-bond donors (Lipinski definition) is 1. The molecule has 0 radical (unpaired) electrons. The van der Waals surface area contributed by atoms with Gasteiger partial charge in [0, 0.05) is 11.3 Å². The standard InChI is InChI=1S/C19H12F6N2OS/c1-9-26-15(17(21)22)16(29-9)18(28)27-14-5-3-2-4-11(14)10-6-7-12(13(20)8-10)19(23,24)25/h2-8,17H,1H3,(H,27,28). The van der Waals surface area contributed by atoms with Crippen LogP contribution in [-0.4, -0.2) is 10.9 Å². The number of para-hydroxylation sites is 1. The zero-order valence-corrected chi connectivity index (χ0v) is 15.5. The third kappa shape index (κ3) is 4.42. The van der Waals surface area contributed by atoms with Crippen molar-refractivity contribution in [3.05, 3.63) is 69.4 Å². The van der Waals surface area contributed by atoms with Gasteiger partial charge < -0.3 is 5.32 Å². The molecule has 29 heavy (non-hydrogen) atoms. The highest BCUT2D eigenvalue weighted by Gasteiger charge is 2.34. The number of hydrogen-bond acceptors (Lipinski definition) is 3. The second kappa shape index (κ2) is 7.86. The summed E-state index contributed by atoms with van der Waals surface area (Å²) in [5.41, 5.74) is -1.62. The average molecular weight is 430 g/mol. The van der Waals surface area contributed by atoms with Crippen LogP contribution in [0.3, 0.4) is 0 Å². The molecule has 152 valence electrons. The molecule has 0 saturated heterocycles. The molecule has 1 aromatic heterocycles. The van der Waals surface area contributed by atoms with Gasteiger partial charge in [0.1, 0.15) is 16.4 Å². The number of aryl methyl sites for hydroxylation is 1. The van der Waals surface area contributed by atoms with Crippen LogP contribution in [0.5, 0.6) is 0 Å². The second-order valence-corrected chi connectivity index (χ2v) is 7.14. The molecule has 0 fully saturated rings. The van der Waals surface area contributed by atoms with Crippen LogP contribution in [-0.2, 0) is 6.18 Å². The summed E-state index contributed by atoms with van der Waals surface area (Å²) in [5.74, 6) is -2.31. The highest BCUT2D eigenvalue weighted by Crippen LogP contribution is 2.36. The minimum absolute atomic E-state index is 0.0842. The summed E-state index contributed by atoms with van der Waals surface area (Å²) >= 11 is 0.791. The van der Waals surface area contributed by atoms with Gasteiger partial charge in [-0.1, -0.05) is 24.3 Å². The van der Waals surface area contributed by atoms with E-state index in [4.69, 9.17) is 0 Å². The van der Waals surface area contributed by atoms with Crippen molar-refractivity contribution in [1.29, 1.82) is 0 Å². The lowest BCUT2D eigenvalue weighted by Gasteiger charge is -2.13. The number of alkyl halides is 5. The van der Waals surface area contributed by atoms with Gasteiger partial charge in [-0.3, -0.25) is 4.79 Å². The van der Waals surface area contributed by atoms with Crippen LogP contribution < -0.4 is 5.32 Å². The Kier molecular flexibility index (Phi) is 5.65. The van der Waals surface area contributed by atoms with Crippen LogP contribution in [0.25, 0.3) is 11.1 Å². The number of halogens is 6. The lowest BCUT2D eigenvalue weighted by molar-refractivity contribution is -0.139. The summed E-state index contributed by atoms with van der Waals surface area (Å²) in [6.45, 7) is 1.48. The zero-order valence-electron chi connectivity index (χ0n) is 14.7. The van der Waals surface area contributed by atoms with Gasteiger partial charge in [0.25, 0.3) is 12.3 Å². The van der Waals surface area contributed by atoms with Gasteiger partial charge in [0.2, 0.25) is 0 Å². The van der Waals surface area contributed by atoms with E-state index in [1.54, 1.807) is 6.07 Å². The molecule has 0 aliphatic rings. The molecule has 3 rings (SSSR count). The maximum atomic E-state index is 13.9. The van der Waals surface area contributed by atoms with Gasteiger partial charge in [0.15, 0.2) is 0 Å². The summed E-state index contributed by atoms with van der Waals surface area (Å²) in [4.78, 5) is 15.9. The maximum absolute atomic E-state index is 13.9. The summed E-state index contributed by atoms with van der Waals surface area (Å²) < 4.78 is 78.4. The van der Waals surface area contributed by atoms with Crippen LogP contribution >= 0.6 is 11.3 Å². The van der Waals surface area contributed by atoms with E-state index in [9.17, 15) is 31.1 Å². The molecule has 0 bridgehead atoms. The van der Waals surface area contributed by atoms with E-state index < -0.39 is 35.6 Å². The largest absolute Gasteiger partial charge is 0.419 e. The van der Waals surface area contributed by atoms with Crippen molar-refractivity contribution < 1.29 is 31.1 Å². The number of amides is 1. The first-order valence-corrected chi connectivity index (χ1v) is 8.92. The van der Waals surface area contributed by atoms with Crippen molar-refractivity contribution in [3.63, 3.8) is 0 Å². The van der Waals surface area contributed by atoms with E-state index in [0.717, 1.165) is 17.4 Å². The third-order valence-electron chi connectivity index (χ3n) is 3.93. The molecule has 1 amide bonds. The highest BCUT2D eigenvalue weighted by atomic mass is 32.1. The number of carbonyl (C=O) groups is 1. The first-order chi connectivity index (χ1) is 13.6. The van der Waals surface area contributed by atoms with Crippen molar-refractivity contribution in [2.45, 2.75) is 19.5 Å². The van der Waals surface area contributed by atoms with Crippen LogP contribution in [0.2, 0.25) is 0 Å². The van der Waals surface area contributed by atoms with Gasteiger partial charge in [-0.25, -0.2) is 18.2 Å². The molecule has 1 heterocycles. The zero-order chi connectivity index (χ0) is 21.3. The molecule has 2 aromatic carbocycles.